The largest absolute Gasteiger partial charge is 0.351 e. The Morgan fingerprint density at radius 3 is 2.71 bits per heavy atom. The lowest BCUT2D eigenvalue weighted by atomic mass is 10.2. The minimum Gasteiger partial charge on any atom is -0.351 e. The van der Waals surface area contributed by atoms with Gasteiger partial charge in [-0.15, -0.1) is 0 Å². The molecule has 1 rings (SSSR count). The number of halogens is 4. The van der Waals surface area contributed by atoms with E-state index in [9.17, 15) is 13.6 Å². The van der Waals surface area contributed by atoms with Gasteiger partial charge < -0.3 is 5.32 Å². The molecule has 0 aliphatic carbocycles. The van der Waals surface area contributed by atoms with Crippen molar-refractivity contribution in [1.29, 1.82) is 0 Å². The van der Waals surface area contributed by atoms with E-state index in [1.54, 1.807) is 0 Å². The number of carbonyl (C=O) groups excluding carboxylic acids is 1. The Morgan fingerprint density at radius 1 is 1.47 bits per heavy atom. The van der Waals surface area contributed by atoms with Crippen LogP contribution in [-0.2, 0) is 0 Å². The van der Waals surface area contributed by atoms with E-state index in [2.05, 4.69) is 21.2 Å². The Kier molecular flexibility index (Phi) is 5.33. The first-order valence-corrected chi connectivity index (χ1v) is 6.31. The van der Waals surface area contributed by atoms with Crippen LogP contribution < -0.4 is 5.32 Å². The molecule has 0 aliphatic rings. The molecule has 1 aromatic rings. The summed E-state index contributed by atoms with van der Waals surface area (Å²) in [5.74, 6) is -2.31. The van der Waals surface area contributed by atoms with Gasteiger partial charge >= 0.3 is 0 Å². The highest BCUT2D eigenvalue weighted by Crippen LogP contribution is 2.19. The Balaban J connectivity index is 2.79. The van der Waals surface area contributed by atoms with Crippen LogP contribution in [0.3, 0.4) is 0 Å². The van der Waals surface area contributed by atoms with Gasteiger partial charge in [0.1, 0.15) is 11.6 Å². The van der Waals surface area contributed by atoms with E-state index in [-0.39, 0.29) is 15.4 Å². The molecular formula is C11H11BrClF2NO. The van der Waals surface area contributed by atoms with Crippen LogP contribution in [0.4, 0.5) is 8.78 Å². The fourth-order valence-electron chi connectivity index (χ4n) is 1.14. The van der Waals surface area contributed by atoms with Crippen molar-refractivity contribution in [3.63, 3.8) is 0 Å². The van der Waals surface area contributed by atoms with Crippen molar-refractivity contribution in [3.05, 3.63) is 34.4 Å². The van der Waals surface area contributed by atoms with Gasteiger partial charge in [0.15, 0.2) is 0 Å². The van der Waals surface area contributed by atoms with Gasteiger partial charge in [0, 0.05) is 11.4 Å². The summed E-state index contributed by atoms with van der Waals surface area (Å²) in [6.45, 7) is 2.28. The Labute approximate surface area is 111 Å². The van der Waals surface area contributed by atoms with E-state index in [0.717, 1.165) is 18.6 Å². The zero-order chi connectivity index (χ0) is 13.0. The maximum Gasteiger partial charge on any atom is 0.254 e. The molecule has 0 aliphatic heterocycles. The van der Waals surface area contributed by atoms with Crippen LogP contribution in [0, 0.1) is 11.6 Å². The first-order valence-electron chi connectivity index (χ1n) is 5.02. The third kappa shape index (κ3) is 3.92. The van der Waals surface area contributed by atoms with Crippen LogP contribution in [0.5, 0.6) is 0 Å². The van der Waals surface area contributed by atoms with Crippen molar-refractivity contribution in [2.45, 2.75) is 18.2 Å². The van der Waals surface area contributed by atoms with Gasteiger partial charge in [-0.3, -0.25) is 4.79 Å². The zero-order valence-electron chi connectivity index (χ0n) is 9.07. The van der Waals surface area contributed by atoms with Crippen LogP contribution in [-0.4, -0.2) is 17.3 Å². The SMILES string of the molecule is CCC(Br)CNC(=O)c1cc(F)c(Cl)cc1F. The molecule has 1 N–H and O–H groups in total. The van der Waals surface area contributed by atoms with Gasteiger partial charge in [-0.25, -0.2) is 8.78 Å². The van der Waals surface area contributed by atoms with Crippen molar-refractivity contribution < 1.29 is 13.6 Å². The second kappa shape index (κ2) is 6.31. The van der Waals surface area contributed by atoms with Crippen LogP contribution in [0.2, 0.25) is 5.02 Å². The van der Waals surface area contributed by atoms with E-state index in [1.807, 2.05) is 6.92 Å². The van der Waals surface area contributed by atoms with Crippen LogP contribution in [0.15, 0.2) is 12.1 Å². The molecule has 0 spiro atoms. The van der Waals surface area contributed by atoms with Gasteiger partial charge in [0.05, 0.1) is 10.6 Å². The van der Waals surface area contributed by atoms with E-state index >= 15 is 0 Å². The molecule has 17 heavy (non-hydrogen) atoms. The van der Waals surface area contributed by atoms with E-state index < -0.39 is 17.5 Å². The summed E-state index contributed by atoms with van der Waals surface area (Å²) >= 11 is 8.71. The summed E-state index contributed by atoms with van der Waals surface area (Å²) in [5, 5.41) is 2.16. The van der Waals surface area contributed by atoms with Crippen molar-refractivity contribution in [2.75, 3.05) is 6.54 Å². The predicted molar refractivity (Wildman–Crippen MR) is 66.7 cm³/mol. The monoisotopic (exact) mass is 325 g/mol. The molecular weight excluding hydrogens is 315 g/mol. The molecule has 1 aromatic carbocycles. The lowest BCUT2D eigenvalue weighted by molar-refractivity contribution is 0.0949. The van der Waals surface area contributed by atoms with Crippen molar-refractivity contribution in [2.24, 2.45) is 0 Å². The molecule has 1 unspecified atom stereocenters. The maximum atomic E-state index is 13.4. The van der Waals surface area contributed by atoms with Crippen molar-refractivity contribution in [1.82, 2.24) is 5.32 Å². The highest BCUT2D eigenvalue weighted by Gasteiger charge is 2.15. The minimum absolute atomic E-state index is 0.103. The minimum atomic E-state index is -0.837. The Hall–Kier alpha value is -0.680. The van der Waals surface area contributed by atoms with Crippen molar-refractivity contribution >= 4 is 33.4 Å². The summed E-state index contributed by atoms with van der Waals surface area (Å²) in [5.41, 5.74) is -0.345. The highest BCUT2D eigenvalue weighted by atomic mass is 79.9. The number of amides is 1. The van der Waals surface area contributed by atoms with Crippen LogP contribution in [0.25, 0.3) is 0 Å². The Bertz CT molecular complexity index is 428. The molecule has 0 bridgehead atoms. The van der Waals surface area contributed by atoms with Gasteiger partial charge in [-0.05, 0) is 18.6 Å². The number of hydrogen-bond donors (Lipinski definition) is 1. The topological polar surface area (TPSA) is 29.1 Å². The lowest BCUT2D eigenvalue weighted by Crippen LogP contribution is -2.30. The number of hydrogen-bond acceptors (Lipinski definition) is 1. The molecule has 0 fully saturated rings. The number of nitrogens with one attached hydrogen (secondary N) is 1. The molecule has 6 heteroatoms. The summed E-state index contributed by atoms with van der Waals surface area (Å²) in [4.78, 5) is 11.7. The average molecular weight is 327 g/mol. The molecule has 2 nitrogen and oxygen atoms in total. The zero-order valence-corrected chi connectivity index (χ0v) is 11.4. The first-order chi connectivity index (χ1) is 7.95. The van der Waals surface area contributed by atoms with Gasteiger partial charge in [-0.2, -0.15) is 0 Å². The van der Waals surface area contributed by atoms with Gasteiger partial charge in [-0.1, -0.05) is 34.5 Å². The summed E-state index contributed by atoms with van der Waals surface area (Å²) in [6, 6.07) is 1.58. The second-order valence-corrected chi connectivity index (χ2v) is 5.16. The fraction of sp³-hybridized carbons (Fsp3) is 0.364. The third-order valence-electron chi connectivity index (χ3n) is 2.18. The molecule has 0 saturated carbocycles. The molecule has 94 valence electrons. The molecule has 1 amide bonds. The number of benzene rings is 1. The number of alkyl halides is 1. The van der Waals surface area contributed by atoms with E-state index in [0.29, 0.717) is 6.54 Å². The molecule has 0 saturated heterocycles. The predicted octanol–water partition coefficient (Wildman–Crippen LogP) is 3.52. The summed E-state index contributed by atoms with van der Waals surface area (Å²) < 4.78 is 26.5. The van der Waals surface area contributed by atoms with Crippen molar-refractivity contribution in [3.8, 4) is 0 Å². The lowest BCUT2D eigenvalue weighted by Gasteiger charge is -2.09. The second-order valence-electron chi connectivity index (χ2n) is 3.46. The summed E-state index contributed by atoms with van der Waals surface area (Å²) in [6.07, 6.45) is 0.817. The van der Waals surface area contributed by atoms with Gasteiger partial charge in [0.25, 0.3) is 5.91 Å². The van der Waals surface area contributed by atoms with Gasteiger partial charge in [0.2, 0.25) is 0 Å². The number of rotatable bonds is 4. The third-order valence-corrected chi connectivity index (χ3v) is 3.44. The standard InChI is InChI=1S/C11H11BrClF2NO/c1-2-6(12)5-16-11(17)7-3-10(15)8(13)4-9(7)14/h3-4,6H,2,5H2,1H3,(H,16,17). The average Bonchev–Trinajstić information content (AvgIpc) is 2.30. The molecule has 1 atom stereocenters. The smallest absolute Gasteiger partial charge is 0.254 e. The molecule has 0 heterocycles. The number of carbonyl (C=O) groups is 1. The normalized spacial score (nSPS) is 12.3. The highest BCUT2D eigenvalue weighted by molar-refractivity contribution is 9.09. The van der Waals surface area contributed by atoms with E-state index in [4.69, 9.17) is 11.6 Å². The van der Waals surface area contributed by atoms with Crippen LogP contribution >= 0.6 is 27.5 Å². The molecule has 0 radical (unpaired) electrons. The van der Waals surface area contributed by atoms with Crippen LogP contribution in [0.1, 0.15) is 23.7 Å². The quantitative estimate of drug-likeness (QED) is 0.666. The summed E-state index contributed by atoms with van der Waals surface area (Å²) in [7, 11) is 0. The maximum absolute atomic E-state index is 13.4. The van der Waals surface area contributed by atoms with E-state index in [1.165, 1.54) is 0 Å². The molecule has 0 aromatic heterocycles. The fourth-order valence-corrected chi connectivity index (χ4v) is 1.45. The Morgan fingerprint density at radius 2 is 2.12 bits per heavy atom. The first kappa shape index (κ1) is 14.4.